The predicted molar refractivity (Wildman–Crippen MR) is 72.6 cm³/mol. The lowest BCUT2D eigenvalue weighted by Gasteiger charge is -2.14. The van der Waals surface area contributed by atoms with Gasteiger partial charge in [0.1, 0.15) is 0 Å². The first-order chi connectivity index (χ1) is 8.81. The molecular weight excluding hydrogens is 224 g/mol. The van der Waals surface area contributed by atoms with Crippen molar-refractivity contribution in [3.8, 4) is 0 Å². The lowest BCUT2D eigenvalue weighted by Crippen LogP contribution is -2.19. The maximum atomic E-state index is 4.50. The molecule has 2 aromatic rings. The zero-order valence-electron chi connectivity index (χ0n) is 10.8. The summed E-state index contributed by atoms with van der Waals surface area (Å²) in [4.78, 5) is 4.50. The summed E-state index contributed by atoms with van der Waals surface area (Å²) in [6.07, 6.45) is 8.38. The van der Waals surface area contributed by atoms with Crippen LogP contribution in [0.4, 0.5) is 5.95 Å². The second kappa shape index (κ2) is 4.96. The van der Waals surface area contributed by atoms with Gasteiger partial charge in [-0.05, 0) is 37.3 Å². The predicted octanol–water partition coefficient (Wildman–Crippen LogP) is 3.11. The van der Waals surface area contributed by atoms with E-state index in [2.05, 4.69) is 22.3 Å². The highest BCUT2D eigenvalue weighted by molar-refractivity contribution is 5.43. The number of hydrogen-bond acceptors (Lipinski definition) is 3. The summed E-state index contributed by atoms with van der Waals surface area (Å²) in [6, 6.07) is 6.47. The van der Waals surface area contributed by atoms with E-state index < -0.39 is 0 Å². The minimum Gasteiger partial charge on any atom is -0.350 e. The first-order valence-corrected chi connectivity index (χ1v) is 6.89. The van der Waals surface area contributed by atoms with Crippen LogP contribution in [-0.2, 0) is 0 Å². The standard InChI is InChI=1S/C14H20N4/c1-11-5-4-6-12(9-8-11)15-14-16-13-7-2-3-10-18(13)17-14/h2-3,7,10-12H,4-6,8-9H2,1H3,(H,15,17). The number of aromatic nitrogens is 3. The van der Waals surface area contributed by atoms with Crippen molar-refractivity contribution in [2.45, 2.75) is 45.1 Å². The van der Waals surface area contributed by atoms with Crippen LogP contribution in [0, 0.1) is 5.92 Å². The van der Waals surface area contributed by atoms with Crippen molar-refractivity contribution in [1.29, 1.82) is 0 Å². The van der Waals surface area contributed by atoms with E-state index in [0.717, 1.165) is 17.5 Å². The Labute approximate surface area is 107 Å². The first kappa shape index (κ1) is 11.5. The zero-order valence-corrected chi connectivity index (χ0v) is 10.8. The second-order valence-corrected chi connectivity index (χ2v) is 5.39. The molecule has 0 aliphatic heterocycles. The van der Waals surface area contributed by atoms with Crippen LogP contribution in [0.2, 0.25) is 0 Å². The minimum absolute atomic E-state index is 0.535. The Hall–Kier alpha value is -1.58. The molecule has 1 aliphatic rings. The van der Waals surface area contributed by atoms with Gasteiger partial charge in [-0.15, -0.1) is 5.10 Å². The van der Waals surface area contributed by atoms with Crippen LogP contribution >= 0.6 is 0 Å². The van der Waals surface area contributed by atoms with Gasteiger partial charge < -0.3 is 5.32 Å². The third kappa shape index (κ3) is 2.47. The molecule has 0 spiro atoms. The SMILES string of the molecule is CC1CCCC(Nc2nc3ccccn3n2)CC1. The molecule has 1 N–H and O–H groups in total. The van der Waals surface area contributed by atoms with E-state index in [1.54, 1.807) is 0 Å². The zero-order chi connectivity index (χ0) is 12.4. The summed E-state index contributed by atoms with van der Waals surface area (Å²) in [5.41, 5.74) is 0.905. The van der Waals surface area contributed by atoms with E-state index in [1.807, 2.05) is 28.9 Å². The van der Waals surface area contributed by atoms with Crippen molar-refractivity contribution in [3.63, 3.8) is 0 Å². The smallest absolute Gasteiger partial charge is 0.243 e. The summed E-state index contributed by atoms with van der Waals surface area (Å²) < 4.78 is 1.82. The molecule has 4 nitrogen and oxygen atoms in total. The molecule has 2 atom stereocenters. The van der Waals surface area contributed by atoms with Crippen molar-refractivity contribution < 1.29 is 0 Å². The number of fused-ring (bicyclic) bond motifs is 1. The highest BCUT2D eigenvalue weighted by Crippen LogP contribution is 2.24. The molecule has 96 valence electrons. The van der Waals surface area contributed by atoms with Crippen LogP contribution in [0.15, 0.2) is 24.4 Å². The Morgan fingerprint density at radius 1 is 1.22 bits per heavy atom. The van der Waals surface area contributed by atoms with Crippen LogP contribution in [0.5, 0.6) is 0 Å². The van der Waals surface area contributed by atoms with Gasteiger partial charge >= 0.3 is 0 Å². The van der Waals surface area contributed by atoms with Gasteiger partial charge in [0.05, 0.1) is 0 Å². The summed E-state index contributed by atoms with van der Waals surface area (Å²) >= 11 is 0. The lowest BCUT2D eigenvalue weighted by molar-refractivity contribution is 0.501. The molecule has 2 unspecified atom stereocenters. The molecular formula is C14H20N4. The minimum atomic E-state index is 0.535. The van der Waals surface area contributed by atoms with E-state index in [1.165, 1.54) is 32.1 Å². The normalized spacial score (nSPS) is 24.9. The molecule has 0 aromatic carbocycles. The third-order valence-corrected chi connectivity index (χ3v) is 3.83. The summed E-state index contributed by atoms with van der Waals surface area (Å²) in [6.45, 7) is 2.35. The van der Waals surface area contributed by atoms with E-state index in [-0.39, 0.29) is 0 Å². The topological polar surface area (TPSA) is 42.2 Å². The molecule has 2 aromatic heterocycles. The Bertz CT molecular complexity index is 486. The highest BCUT2D eigenvalue weighted by atomic mass is 15.3. The Balaban J connectivity index is 1.71. The van der Waals surface area contributed by atoms with Gasteiger partial charge in [-0.1, -0.05) is 25.8 Å². The quantitative estimate of drug-likeness (QED) is 0.825. The fourth-order valence-corrected chi connectivity index (χ4v) is 2.71. The number of rotatable bonds is 2. The van der Waals surface area contributed by atoms with Gasteiger partial charge in [0, 0.05) is 12.2 Å². The van der Waals surface area contributed by atoms with Gasteiger partial charge in [-0.3, -0.25) is 0 Å². The van der Waals surface area contributed by atoms with Crippen LogP contribution in [0.25, 0.3) is 5.65 Å². The van der Waals surface area contributed by atoms with Crippen molar-refractivity contribution >= 4 is 11.6 Å². The Morgan fingerprint density at radius 2 is 2.17 bits per heavy atom. The molecule has 4 heteroatoms. The summed E-state index contributed by atoms with van der Waals surface area (Å²) in [7, 11) is 0. The van der Waals surface area contributed by atoms with Gasteiger partial charge in [-0.2, -0.15) is 4.98 Å². The van der Waals surface area contributed by atoms with Gasteiger partial charge in [-0.25, -0.2) is 4.52 Å². The first-order valence-electron chi connectivity index (χ1n) is 6.89. The van der Waals surface area contributed by atoms with E-state index in [0.29, 0.717) is 6.04 Å². The van der Waals surface area contributed by atoms with Crippen LogP contribution in [0.1, 0.15) is 39.0 Å². The van der Waals surface area contributed by atoms with Crippen molar-refractivity contribution in [1.82, 2.24) is 14.6 Å². The van der Waals surface area contributed by atoms with E-state index in [9.17, 15) is 0 Å². The molecule has 2 heterocycles. The van der Waals surface area contributed by atoms with Crippen LogP contribution < -0.4 is 5.32 Å². The highest BCUT2D eigenvalue weighted by Gasteiger charge is 2.17. The van der Waals surface area contributed by atoms with Crippen molar-refractivity contribution in [3.05, 3.63) is 24.4 Å². The van der Waals surface area contributed by atoms with E-state index in [4.69, 9.17) is 0 Å². The molecule has 0 bridgehead atoms. The molecule has 0 amide bonds. The van der Waals surface area contributed by atoms with Gasteiger partial charge in [0.25, 0.3) is 0 Å². The molecule has 0 radical (unpaired) electrons. The van der Waals surface area contributed by atoms with Gasteiger partial charge in [0.15, 0.2) is 5.65 Å². The maximum Gasteiger partial charge on any atom is 0.243 e. The maximum absolute atomic E-state index is 4.50. The largest absolute Gasteiger partial charge is 0.350 e. The molecule has 1 aliphatic carbocycles. The fraction of sp³-hybridized carbons (Fsp3) is 0.571. The second-order valence-electron chi connectivity index (χ2n) is 5.39. The monoisotopic (exact) mass is 244 g/mol. The third-order valence-electron chi connectivity index (χ3n) is 3.83. The average Bonchev–Trinajstić information content (AvgIpc) is 2.66. The van der Waals surface area contributed by atoms with Crippen molar-refractivity contribution in [2.24, 2.45) is 5.92 Å². The van der Waals surface area contributed by atoms with Crippen LogP contribution in [0.3, 0.4) is 0 Å². The summed E-state index contributed by atoms with van der Waals surface area (Å²) in [5.74, 6) is 1.63. The van der Waals surface area contributed by atoms with E-state index >= 15 is 0 Å². The lowest BCUT2D eigenvalue weighted by atomic mass is 10.0. The molecule has 3 rings (SSSR count). The number of nitrogens with zero attached hydrogens (tertiary/aromatic N) is 3. The molecule has 1 fully saturated rings. The number of hydrogen-bond donors (Lipinski definition) is 1. The number of nitrogens with one attached hydrogen (secondary N) is 1. The Kier molecular flexibility index (Phi) is 3.17. The van der Waals surface area contributed by atoms with Crippen molar-refractivity contribution in [2.75, 3.05) is 5.32 Å². The average molecular weight is 244 g/mol. The number of anilines is 1. The summed E-state index contributed by atoms with van der Waals surface area (Å²) in [5, 5.41) is 7.94. The van der Waals surface area contributed by atoms with Crippen LogP contribution in [-0.4, -0.2) is 20.6 Å². The molecule has 0 saturated heterocycles. The molecule has 1 saturated carbocycles. The van der Waals surface area contributed by atoms with Gasteiger partial charge in [0.2, 0.25) is 5.95 Å². The molecule has 18 heavy (non-hydrogen) atoms. The number of pyridine rings is 1. The Morgan fingerprint density at radius 3 is 3.06 bits per heavy atom. The fourth-order valence-electron chi connectivity index (χ4n) is 2.71.